The summed E-state index contributed by atoms with van der Waals surface area (Å²) in [5.74, 6) is 3.10. The number of amides is 2. The molecule has 4 rings (SSSR count). The molecule has 10 heteroatoms. The molecule has 0 atom stereocenters. The minimum atomic E-state index is -0.370. The molecule has 0 saturated heterocycles. The molecule has 0 spiro atoms. The fraction of sp³-hybridized carbons (Fsp3) is 0.389. The number of methoxy groups -OCH3 is 1. The van der Waals surface area contributed by atoms with Gasteiger partial charge in [-0.2, -0.15) is 0 Å². The average Bonchev–Trinajstić information content (AvgIpc) is 3.32. The minimum Gasteiger partial charge on any atom is -0.495 e. The van der Waals surface area contributed by atoms with Crippen LogP contribution in [0.1, 0.15) is 30.4 Å². The van der Waals surface area contributed by atoms with Gasteiger partial charge in [-0.3, -0.25) is 0 Å². The number of urea groups is 1. The molecule has 1 aliphatic rings. The molecule has 3 heterocycles. The summed E-state index contributed by atoms with van der Waals surface area (Å²) in [4.78, 5) is 12.4. The van der Waals surface area contributed by atoms with Crippen LogP contribution in [0.2, 0.25) is 0 Å². The van der Waals surface area contributed by atoms with Crippen molar-refractivity contribution in [2.75, 3.05) is 12.4 Å². The molecule has 2 amide bonds. The lowest BCUT2D eigenvalue weighted by Crippen LogP contribution is -2.30. The van der Waals surface area contributed by atoms with E-state index in [0.29, 0.717) is 35.3 Å². The zero-order valence-corrected chi connectivity index (χ0v) is 15.7. The Morgan fingerprint density at radius 3 is 2.93 bits per heavy atom. The molecule has 0 radical (unpaired) electrons. The summed E-state index contributed by atoms with van der Waals surface area (Å²) in [6.07, 6.45) is 3.16. The van der Waals surface area contributed by atoms with Crippen LogP contribution in [0.25, 0.3) is 11.5 Å². The quantitative estimate of drug-likeness (QED) is 0.693. The van der Waals surface area contributed by atoms with Crippen molar-refractivity contribution in [3.8, 4) is 17.2 Å². The summed E-state index contributed by atoms with van der Waals surface area (Å²) in [7, 11) is 1.54. The highest BCUT2D eigenvalue weighted by molar-refractivity contribution is 5.91. The molecule has 0 bridgehead atoms. The van der Waals surface area contributed by atoms with Crippen molar-refractivity contribution >= 4 is 11.7 Å². The number of carbonyl (C=O) groups is 1. The zero-order chi connectivity index (χ0) is 19.5. The number of fused-ring (bicyclic) bond motifs is 1. The summed E-state index contributed by atoms with van der Waals surface area (Å²) in [5, 5.41) is 21.8. The monoisotopic (exact) mass is 383 g/mol. The molecule has 10 nitrogen and oxygen atoms in total. The molecule has 0 unspecified atom stereocenters. The number of rotatable bonds is 5. The Labute approximate surface area is 161 Å². The normalized spacial score (nSPS) is 13.1. The van der Waals surface area contributed by atoms with Crippen molar-refractivity contribution in [1.29, 1.82) is 0 Å². The highest BCUT2D eigenvalue weighted by atomic mass is 16.5. The van der Waals surface area contributed by atoms with Gasteiger partial charge in [-0.25, -0.2) is 4.79 Å². The van der Waals surface area contributed by atoms with Crippen molar-refractivity contribution in [2.24, 2.45) is 0 Å². The molecule has 1 aromatic carbocycles. The minimum absolute atomic E-state index is 0.295. The van der Waals surface area contributed by atoms with Crippen LogP contribution in [0.15, 0.2) is 22.6 Å². The molecular formula is C18H21N7O3. The Bertz CT molecular complexity index is 995. The number of ether oxygens (including phenoxy) is 1. The van der Waals surface area contributed by atoms with E-state index in [9.17, 15) is 4.79 Å². The van der Waals surface area contributed by atoms with Crippen LogP contribution in [0.4, 0.5) is 10.5 Å². The van der Waals surface area contributed by atoms with Crippen LogP contribution in [-0.4, -0.2) is 38.1 Å². The maximum Gasteiger partial charge on any atom is 0.319 e. The molecule has 2 aromatic heterocycles. The topological polar surface area (TPSA) is 120 Å². The van der Waals surface area contributed by atoms with Gasteiger partial charge in [-0.05, 0) is 31.0 Å². The molecule has 28 heavy (non-hydrogen) atoms. The maximum absolute atomic E-state index is 12.4. The zero-order valence-electron chi connectivity index (χ0n) is 15.7. The first kappa shape index (κ1) is 18.0. The number of anilines is 1. The third kappa shape index (κ3) is 3.66. The standard InChI is InChI=1S/C18H21N7O3/c1-11-21-24-17(28-11)12-6-7-14(27-2)13(9-12)20-18(26)19-10-16-23-22-15-5-3-4-8-25(15)16/h6-7,9H,3-5,8,10H2,1-2H3,(H2,19,20,26). The summed E-state index contributed by atoms with van der Waals surface area (Å²) < 4.78 is 12.8. The number of aromatic nitrogens is 5. The molecule has 0 saturated carbocycles. The lowest BCUT2D eigenvalue weighted by atomic mass is 10.2. The SMILES string of the molecule is COc1ccc(-c2nnc(C)o2)cc1NC(=O)NCc1nnc2n1CCCC2. The Morgan fingerprint density at radius 1 is 1.25 bits per heavy atom. The number of benzene rings is 1. The van der Waals surface area contributed by atoms with Gasteiger partial charge in [0.05, 0.1) is 19.3 Å². The number of nitrogens with one attached hydrogen (secondary N) is 2. The average molecular weight is 383 g/mol. The van der Waals surface area contributed by atoms with Crippen LogP contribution in [0.3, 0.4) is 0 Å². The lowest BCUT2D eigenvalue weighted by molar-refractivity contribution is 0.251. The van der Waals surface area contributed by atoms with E-state index < -0.39 is 0 Å². The van der Waals surface area contributed by atoms with Gasteiger partial charge in [0.15, 0.2) is 5.82 Å². The lowest BCUT2D eigenvalue weighted by Gasteiger charge is -2.15. The second kappa shape index (κ2) is 7.67. The third-order valence-electron chi connectivity index (χ3n) is 4.56. The van der Waals surface area contributed by atoms with Crippen LogP contribution >= 0.6 is 0 Å². The Morgan fingerprint density at radius 2 is 2.14 bits per heavy atom. The number of hydrogen-bond acceptors (Lipinski definition) is 7. The van der Waals surface area contributed by atoms with E-state index in [2.05, 4.69) is 35.6 Å². The van der Waals surface area contributed by atoms with Gasteiger partial charge in [0.2, 0.25) is 11.8 Å². The number of hydrogen-bond donors (Lipinski definition) is 2. The van der Waals surface area contributed by atoms with Crippen molar-refractivity contribution in [2.45, 2.75) is 39.3 Å². The largest absolute Gasteiger partial charge is 0.495 e. The van der Waals surface area contributed by atoms with Gasteiger partial charge in [-0.1, -0.05) is 0 Å². The first-order valence-electron chi connectivity index (χ1n) is 9.08. The van der Waals surface area contributed by atoms with Gasteiger partial charge >= 0.3 is 6.03 Å². The maximum atomic E-state index is 12.4. The Kier molecular flexibility index (Phi) is 4.92. The number of carbonyl (C=O) groups excluding carboxylic acids is 1. The summed E-state index contributed by atoms with van der Waals surface area (Å²) in [6, 6.07) is 4.88. The molecular weight excluding hydrogens is 362 g/mol. The summed E-state index contributed by atoms with van der Waals surface area (Å²) in [6.45, 7) is 2.90. The molecule has 1 aliphatic heterocycles. The van der Waals surface area contributed by atoms with E-state index in [1.165, 1.54) is 7.11 Å². The molecule has 146 valence electrons. The number of nitrogens with zero attached hydrogens (tertiary/aromatic N) is 5. The highest BCUT2D eigenvalue weighted by Gasteiger charge is 2.17. The smallest absolute Gasteiger partial charge is 0.319 e. The van der Waals surface area contributed by atoms with Crippen LogP contribution in [-0.2, 0) is 19.5 Å². The number of aryl methyl sites for hydroxylation is 2. The van der Waals surface area contributed by atoms with Gasteiger partial charge in [0.25, 0.3) is 0 Å². The highest BCUT2D eigenvalue weighted by Crippen LogP contribution is 2.30. The molecule has 2 N–H and O–H groups in total. The predicted molar refractivity (Wildman–Crippen MR) is 99.8 cm³/mol. The van der Waals surface area contributed by atoms with E-state index in [0.717, 1.165) is 37.5 Å². The van der Waals surface area contributed by atoms with E-state index in [1.807, 2.05) is 0 Å². The fourth-order valence-corrected chi connectivity index (χ4v) is 3.18. The second-order valence-electron chi connectivity index (χ2n) is 6.49. The summed E-state index contributed by atoms with van der Waals surface area (Å²) in [5.41, 5.74) is 1.18. The van der Waals surface area contributed by atoms with Crippen LogP contribution in [0, 0.1) is 6.92 Å². The fourth-order valence-electron chi connectivity index (χ4n) is 3.18. The van der Waals surface area contributed by atoms with E-state index in [-0.39, 0.29) is 6.03 Å². The van der Waals surface area contributed by atoms with E-state index >= 15 is 0 Å². The molecule has 0 fully saturated rings. The summed E-state index contributed by atoms with van der Waals surface area (Å²) >= 11 is 0. The second-order valence-corrected chi connectivity index (χ2v) is 6.49. The molecule has 3 aromatic rings. The third-order valence-corrected chi connectivity index (χ3v) is 4.56. The van der Waals surface area contributed by atoms with Crippen molar-refractivity contribution in [1.82, 2.24) is 30.3 Å². The van der Waals surface area contributed by atoms with Gasteiger partial charge in [0, 0.05) is 25.5 Å². The van der Waals surface area contributed by atoms with Gasteiger partial charge < -0.3 is 24.4 Å². The van der Waals surface area contributed by atoms with E-state index in [1.54, 1.807) is 25.1 Å². The van der Waals surface area contributed by atoms with Crippen LogP contribution in [0.5, 0.6) is 5.75 Å². The van der Waals surface area contributed by atoms with Gasteiger partial charge in [-0.15, -0.1) is 20.4 Å². The first-order valence-corrected chi connectivity index (χ1v) is 9.08. The van der Waals surface area contributed by atoms with Crippen molar-refractivity contribution < 1.29 is 13.9 Å². The van der Waals surface area contributed by atoms with Crippen molar-refractivity contribution in [3.05, 3.63) is 35.7 Å². The Balaban J connectivity index is 1.45. The Hall–Kier alpha value is -3.43. The van der Waals surface area contributed by atoms with E-state index in [4.69, 9.17) is 9.15 Å². The first-order chi connectivity index (χ1) is 13.6. The molecule has 0 aliphatic carbocycles. The van der Waals surface area contributed by atoms with Crippen molar-refractivity contribution in [3.63, 3.8) is 0 Å². The van der Waals surface area contributed by atoms with Gasteiger partial charge in [0.1, 0.15) is 11.6 Å². The van der Waals surface area contributed by atoms with Crippen LogP contribution < -0.4 is 15.4 Å². The predicted octanol–water partition coefficient (Wildman–Crippen LogP) is 2.30.